The summed E-state index contributed by atoms with van der Waals surface area (Å²) < 4.78 is 12.7. The van der Waals surface area contributed by atoms with E-state index in [1.54, 1.807) is 13.8 Å². The number of aliphatic hydroxyl groups excluding tert-OH is 1. The predicted molar refractivity (Wildman–Crippen MR) is 68.8 cm³/mol. The van der Waals surface area contributed by atoms with Crippen LogP contribution in [-0.2, 0) is 4.79 Å². The Morgan fingerprint density at radius 3 is 1.88 bits per heavy atom. The molecule has 0 aromatic heterocycles. The second kappa shape index (κ2) is 6.18. The van der Waals surface area contributed by atoms with E-state index in [0.717, 1.165) is 19.3 Å². The molecule has 0 amide bonds. The first-order chi connectivity index (χ1) is 7.79. The highest BCUT2D eigenvalue weighted by atomic mass is 19.1. The van der Waals surface area contributed by atoms with E-state index in [1.165, 1.54) is 6.08 Å². The third-order valence-electron chi connectivity index (χ3n) is 3.85. The van der Waals surface area contributed by atoms with Crippen LogP contribution in [0, 0.1) is 10.8 Å². The molecule has 0 heterocycles. The van der Waals surface area contributed by atoms with E-state index in [-0.39, 0.29) is 11.5 Å². The number of halogens is 1. The lowest BCUT2D eigenvalue weighted by Crippen LogP contribution is -2.29. The molecule has 0 saturated carbocycles. The largest absolute Gasteiger partial charge is 0.512 e. The van der Waals surface area contributed by atoms with Crippen LogP contribution in [0.4, 0.5) is 4.39 Å². The molecule has 0 aliphatic heterocycles. The summed E-state index contributed by atoms with van der Waals surface area (Å²) in [4.78, 5) is 12.2. The molecule has 0 fully saturated rings. The van der Waals surface area contributed by atoms with Crippen LogP contribution >= 0.6 is 0 Å². The van der Waals surface area contributed by atoms with Gasteiger partial charge in [0.25, 0.3) is 0 Å². The number of carbonyl (C=O) groups excluding carboxylic acids is 1. The molecule has 0 atom stereocenters. The maximum atomic E-state index is 12.7. The van der Waals surface area contributed by atoms with E-state index in [0.29, 0.717) is 0 Å². The zero-order valence-corrected chi connectivity index (χ0v) is 11.6. The second-order valence-corrected chi connectivity index (χ2v) is 5.25. The van der Waals surface area contributed by atoms with Gasteiger partial charge in [-0.15, -0.1) is 0 Å². The molecule has 0 bridgehead atoms. The van der Waals surface area contributed by atoms with Gasteiger partial charge in [-0.3, -0.25) is 9.18 Å². The van der Waals surface area contributed by atoms with Crippen LogP contribution < -0.4 is 0 Å². The molecular formula is C14H25FO2. The van der Waals surface area contributed by atoms with E-state index < -0.39 is 17.5 Å². The van der Waals surface area contributed by atoms with E-state index >= 15 is 0 Å². The van der Waals surface area contributed by atoms with Gasteiger partial charge in [-0.25, -0.2) is 0 Å². The van der Waals surface area contributed by atoms with Crippen molar-refractivity contribution < 1.29 is 14.3 Å². The molecule has 0 aromatic rings. The second-order valence-electron chi connectivity index (χ2n) is 5.25. The van der Waals surface area contributed by atoms with Crippen molar-refractivity contribution in [3.05, 3.63) is 11.8 Å². The first-order valence-corrected chi connectivity index (χ1v) is 6.31. The van der Waals surface area contributed by atoms with Crippen molar-refractivity contribution in [3.63, 3.8) is 0 Å². The fourth-order valence-corrected chi connectivity index (χ4v) is 1.81. The lowest BCUT2D eigenvalue weighted by atomic mass is 9.75. The maximum Gasteiger partial charge on any atom is 0.165 e. The minimum Gasteiger partial charge on any atom is -0.512 e. The Morgan fingerprint density at radius 2 is 1.59 bits per heavy atom. The molecule has 2 nitrogen and oxygen atoms in total. The van der Waals surface area contributed by atoms with Crippen molar-refractivity contribution in [1.82, 2.24) is 0 Å². The number of hydrogen-bond acceptors (Lipinski definition) is 2. The summed E-state index contributed by atoms with van der Waals surface area (Å²) in [7, 11) is 0. The normalized spacial score (nSPS) is 13.9. The summed E-state index contributed by atoms with van der Waals surface area (Å²) in [6, 6.07) is 0. The van der Waals surface area contributed by atoms with Crippen LogP contribution in [-0.4, -0.2) is 17.6 Å². The van der Waals surface area contributed by atoms with Crippen molar-refractivity contribution in [1.29, 1.82) is 0 Å². The third kappa shape index (κ3) is 3.55. The number of rotatable bonds is 7. The zero-order valence-electron chi connectivity index (χ0n) is 11.6. The van der Waals surface area contributed by atoms with E-state index in [1.807, 2.05) is 20.8 Å². The van der Waals surface area contributed by atoms with Gasteiger partial charge in [-0.05, 0) is 19.3 Å². The fraction of sp³-hybridized carbons (Fsp3) is 0.786. The molecule has 3 heteroatoms. The van der Waals surface area contributed by atoms with Gasteiger partial charge < -0.3 is 5.11 Å². The first kappa shape index (κ1) is 16.1. The van der Waals surface area contributed by atoms with Crippen LogP contribution in [0.5, 0.6) is 0 Å². The van der Waals surface area contributed by atoms with Crippen LogP contribution in [0.25, 0.3) is 0 Å². The molecule has 1 N–H and O–H groups in total. The van der Waals surface area contributed by atoms with E-state index in [9.17, 15) is 14.3 Å². The van der Waals surface area contributed by atoms with Gasteiger partial charge in [-0.2, -0.15) is 0 Å². The van der Waals surface area contributed by atoms with Crippen LogP contribution in [0.3, 0.4) is 0 Å². The van der Waals surface area contributed by atoms with Gasteiger partial charge >= 0.3 is 0 Å². The highest BCUT2D eigenvalue weighted by Crippen LogP contribution is 2.34. The highest BCUT2D eigenvalue weighted by Gasteiger charge is 2.33. The van der Waals surface area contributed by atoms with Crippen molar-refractivity contribution in [3.8, 4) is 0 Å². The van der Waals surface area contributed by atoms with Crippen molar-refractivity contribution in [2.24, 2.45) is 10.8 Å². The minimum absolute atomic E-state index is 0.0935. The monoisotopic (exact) mass is 244 g/mol. The van der Waals surface area contributed by atoms with Crippen molar-refractivity contribution >= 4 is 5.78 Å². The molecule has 0 aromatic carbocycles. The summed E-state index contributed by atoms with van der Waals surface area (Å²) in [6.07, 6.45) is 3.42. The quantitative estimate of drug-likeness (QED) is 0.538. The average molecular weight is 244 g/mol. The molecule has 0 saturated heterocycles. The van der Waals surface area contributed by atoms with Gasteiger partial charge in [0, 0.05) is 11.5 Å². The zero-order chi connectivity index (χ0) is 13.7. The third-order valence-corrected chi connectivity index (χ3v) is 3.85. The highest BCUT2D eigenvalue weighted by molar-refractivity contribution is 5.95. The van der Waals surface area contributed by atoms with Gasteiger partial charge in [-0.1, -0.05) is 34.6 Å². The topological polar surface area (TPSA) is 37.3 Å². The molecule has 0 aliphatic rings. The Labute approximate surface area is 104 Å². The summed E-state index contributed by atoms with van der Waals surface area (Å²) >= 11 is 0. The van der Waals surface area contributed by atoms with Gasteiger partial charge in [0.2, 0.25) is 0 Å². The molecule has 0 radical (unpaired) electrons. The minimum atomic E-state index is -0.976. The summed E-state index contributed by atoms with van der Waals surface area (Å²) in [5.41, 5.74) is -1.39. The Kier molecular flexibility index (Phi) is 5.86. The molecule has 0 aliphatic carbocycles. The lowest BCUT2D eigenvalue weighted by Gasteiger charge is -2.28. The SMILES string of the molecule is CCC(CC)(CC)C(=O)C=C(O)C(C)(C)CF. The van der Waals surface area contributed by atoms with Crippen LogP contribution in [0.1, 0.15) is 53.9 Å². The van der Waals surface area contributed by atoms with E-state index in [4.69, 9.17) is 0 Å². The summed E-state index contributed by atoms with van der Waals surface area (Å²) in [5, 5.41) is 9.80. The number of ketones is 1. The van der Waals surface area contributed by atoms with Crippen molar-refractivity contribution in [2.45, 2.75) is 53.9 Å². The molecule has 0 rings (SSSR count). The summed E-state index contributed by atoms with van der Waals surface area (Å²) in [5.74, 6) is -0.256. The Balaban J connectivity index is 5.13. The number of alkyl halides is 1. The fourth-order valence-electron chi connectivity index (χ4n) is 1.81. The molecular weight excluding hydrogens is 219 g/mol. The van der Waals surface area contributed by atoms with Gasteiger partial charge in [0.05, 0.1) is 5.41 Å². The maximum absolute atomic E-state index is 12.7. The first-order valence-electron chi connectivity index (χ1n) is 6.31. The van der Waals surface area contributed by atoms with Crippen LogP contribution in [0.15, 0.2) is 11.8 Å². The molecule has 0 spiro atoms. The Hall–Kier alpha value is -0.860. The van der Waals surface area contributed by atoms with E-state index in [2.05, 4.69) is 0 Å². The molecule has 100 valence electrons. The standard InChI is InChI=1S/C14H25FO2/c1-6-14(7-2,8-3)12(17)9-11(16)13(4,5)10-15/h9,16H,6-8,10H2,1-5H3. The van der Waals surface area contributed by atoms with Gasteiger partial charge in [0.1, 0.15) is 12.4 Å². The predicted octanol–water partition coefficient (Wildman–Crippen LogP) is 4.21. The van der Waals surface area contributed by atoms with Crippen LogP contribution in [0.2, 0.25) is 0 Å². The van der Waals surface area contributed by atoms with Gasteiger partial charge in [0.15, 0.2) is 5.78 Å². The Bertz CT molecular complexity index is 280. The van der Waals surface area contributed by atoms with Crippen molar-refractivity contribution in [2.75, 3.05) is 6.67 Å². The lowest BCUT2D eigenvalue weighted by molar-refractivity contribution is -0.124. The Morgan fingerprint density at radius 1 is 1.18 bits per heavy atom. The smallest absolute Gasteiger partial charge is 0.165 e. The number of aliphatic hydroxyl groups is 1. The molecule has 0 unspecified atom stereocenters. The number of carbonyl (C=O) groups is 1. The average Bonchev–Trinajstić information content (AvgIpc) is 2.32. The number of hydrogen-bond donors (Lipinski definition) is 1. The number of allylic oxidation sites excluding steroid dienone is 2. The summed E-state index contributed by atoms with van der Waals surface area (Å²) in [6.45, 7) is 8.39. The molecule has 17 heavy (non-hydrogen) atoms.